The van der Waals surface area contributed by atoms with Crippen LogP contribution in [0.4, 0.5) is 18.0 Å². The van der Waals surface area contributed by atoms with Crippen molar-refractivity contribution >= 4 is 6.03 Å². The molecule has 2 N–H and O–H groups in total. The number of rotatable bonds is 8. The second-order valence-corrected chi connectivity index (χ2v) is 6.84. The van der Waals surface area contributed by atoms with Gasteiger partial charge in [0.1, 0.15) is 0 Å². The summed E-state index contributed by atoms with van der Waals surface area (Å²) in [6.07, 6.45) is 6.58. The molecule has 2 fully saturated rings. The molecule has 138 valence electrons. The normalized spacial score (nSPS) is 19.8. The Balaban J connectivity index is 1.53. The van der Waals surface area contributed by atoms with Crippen LogP contribution < -0.4 is 15.4 Å². The Bertz CT molecular complexity index is 619. The van der Waals surface area contributed by atoms with Crippen LogP contribution in [0.5, 0.6) is 5.88 Å². The topological polar surface area (TPSA) is 63.2 Å². The maximum Gasteiger partial charge on any atom is 0.388 e. The molecule has 25 heavy (non-hydrogen) atoms. The molecule has 0 bridgehead atoms. The van der Waals surface area contributed by atoms with Crippen molar-refractivity contribution in [3.05, 3.63) is 23.9 Å². The van der Waals surface area contributed by atoms with Crippen LogP contribution in [0, 0.1) is 5.41 Å². The molecule has 0 atom stereocenters. The quantitative estimate of drug-likeness (QED) is 0.748. The first-order valence-corrected chi connectivity index (χ1v) is 8.50. The number of pyridine rings is 1. The van der Waals surface area contributed by atoms with Crippen molar-refractivity contribution in [1.82, 2.24) is 15.6 Å². The number of carbonyl (C=O) groups is 1. The summed E-state index contributed by atoms with van der Waals surface area (Å²) in [5.41, 5.74) is 0.213. The first-order valence-electron chi connectivity index (χ1n) is 8.50. The van der Waals surface area contributed by atoms with E-state index in [1.54, 1.807) is 6.07 Å². The van der Waals surface area contributed by atoms with Gasteiger partial charge in [0.05, 0.1) is 6.67 Å². The number of nitrogens with zero attached hydrogens (tertiary/aromatic N) is 1. The van der Waals surface area contributed by atoms with E-state index in [4.69, 9.17) is 0 Å². The number of aromatic nitrogens is 1. The SMILES string of the molecule is O=C(NCc1ccnc(OC(F)F)c1)NC1(C2(CCF)CCC2)CC1. The highest BCUT2D eigenvalue weighted by Gasteiger charge is 2.61. The molecule has 2 amide bonds. The Kier molecular flexibility index (Phi) is 5.06. The van der Waals surface area contributed by atoms with Crippen LogP contribution in [0.2, 0.25) is 0 Å². The van der Waals surface area contributed by atoms with Crippen molar-refractivity contribution in [2.45, 2.75) is 57.2 Å². The fourth-order valence-electron chi connectivity index (χ4n) is 3.83. The number of carbonyl (C=O) groups excluding carboxylic acids is 1. The van der Waals surface area contributed by atoms with E-state index < -0.39 is 6.61 Å². The van der Waals surface area contributed by atoms with Crippen molar-refractivity contribution in [2.75, 3.05) is 6.67 Å². The van der Waals surface area contributed by atoms with E-state index in [1.165, 1.54) is 12.3 Å². The summed E-state index contributed by atoms with van der Waals surface area (Å²) in [6, 6.07) is 2.65. The molecule has 0 spiro atoms. The average Bonchev–Trinajstić information content (AvgIpc) is 3.29. The van der Waals surface area contributed by atoms with Gasteiger partial charge in [0.15, 0.2) is 0 Å². The Morgan fingerprint density at radius 2 is 2.08 bits per heavy atom. The van der Waals surface area contributed by atoms with E-state index in [0.29, 0.717) is 12.0 Å². The lowest BCUT2D eigenvalue weighted by Gasteiger charge is -2.48. The molecule has 5 nitrogen and oxygen atoms in total. The molecular formula is C17H22F3N3O2. The van der Waals surface area contributed by atoms with E-state index in [9.17, 15) is 18.0 Å². The lowest BCUT2D eigenvalue weighted by atomic mass is 9.60. The number of ether oxygens (including phenoxy) is 1. The zero-order chi connectivity index (χ0) is 17.9. The van der Waals surface area contributed by atoms with Crippen LogP contribution in [0.1, 0.15) is 44.1 Å². The van der Waals surface area contributed by atoms with Crippen molar-refractivity contribution in [1.29, 1.82) is 0 Å². The zero-order valence-electron chi connectivity index (χ0n) is 13.9. The molecule has 3 rings (SSSR count). The molecule has 0 unspecified atom stereocenters. The van der Waals surface area contributed by atoms with Gasteiger partial charge in [-0.25, -0.2) is 9.78 Å². The van der Waals surface area contributed by atoms with Gasteiger partial charge in [0.2, 0.25) is 5.88 Å². The Labute approximate surface area is 144 Å². The van der Waals surface area contributed by atoms with Gasteiger partial charge in [0.25, 0.3) is 0 Å². The summed E-state index contributed by atoms with van der Waals surface area (Å²) in [6.45, 7) is -3.14. The summed E-state index contributed by atoms with van der Waals surface area (Å²) in [5.74, 6) is -0.190. The molecule has 1 aromatic rings. The minimum absolute atomic E-state index is 0.103. The lowest BCUT2D eigenvalue weighted by molar-refractivity contribution is -0.0529. The first-order chi connectivity index (χ1) is 12.0. The maximum atomic E-state index is 12.9. The molecule has 0 saturated heterocycles. The predicted octanol–water partition coefficient (Wildman–Crippen LogP) is 3.54. The summed E-state index contributed by atoms with van der Waals surface area (Å²) in [4.78, 5) is 15.9. The van der Waals surface area contributed by atoms with Crippen molar-refractivity contribution in [2.24, 2.45) is 5.41 Å². The van der Waals surface area contributed by atoms with E-state index >= 15 is 0 Å². The summed E-state index contributed by atoms with van der Waals surface area (Å²) < 4.78 is 41.5. The number of urea groups is 1. The molecule has 1 aromatic heterocycles. The molecule has 2 aliphatic rings. The van der Waals surface area contributed by atoms with Crippen molar-refractivity contribution in [3.8, 4) is 5.88 Å². The van der Waals surface area contributed by atoms with Crippen LogP contribution in [0.15, 0.2) is 18.3 Å². The number of halogens is 3. The molecule has 1 heterocycles. The monoisotopic (exact) mass is 357 g/mol. The average molecular weight is 357 g/mol. The van der Waals surface area contributed by atoms with Gasteiger partial charge in [-0.2, -0.15) is 8.78 Å². The number of hydrogen-bond donors (Lipinski definition) is 2. The molecule has 0 aromatic carbocycles. The fraction of sp³-hybridized carbons (Fsp3) is 0.647. The van der Waals surface area contributed by atoms with Gasteiger partial charge in [-0.3, -0.25) is 4.39 Å². The van der Waals surface area contributed by atoms with Gasteiger partial charge >= 0.3 is 12.6 Å². The van der Waals surface area contributed by atoms with Gasteiger partial charge in [-0.1, -0.05) is 6.42 Å². The second kappa shape index (κ2) is 7.09. The zero-order valence-corrected chi connectivity index (χ0v) is 13.9. The molecule has 8 heteroatoms. The van der Waals surface area contributed by atoms with Crippen molar-refractivity contribution < 1.29 is 22.7 Å². The summed E-state index contributed by atoms with van der Waals surface area (Å²) in [5, 5.41) is 5.75. The fourth-order valence-corrected chi connectivity index (χ4v) is 3.83. The molecule has 0 aliphatic heterocycles. The van der Waals surface area contributed by atoms with E-state index in [0.717, 1.165) is 32.1 Å². The van der Waals surface area contributed by atoms with Gasteiger partial charge in [-0.15, -0.1) is 0 Å². The van der Waals surface area contributed by atoms with Crippen LogP contribution >= 0.6 is 0 Å². The summed E-state index contributed by atoms with van der Waals surface area (Å²) in [7, 11) is 0. The van der Waals surface area contributed by atoms with Gasteiger partial charge < -0.3 is 15.4 Å². The highest BCUT2D eigenvalue weighted by molar-refractivity contribution is 5.75. The van der Waals surface area contributed by atoms with E-state index in [1.807, 2.05) is 0 Å². The number of nitrogens with one attached hydrogen (secondary N) is 2. The largest absolute Gasteiger partial charge is 0.417 e. The number of hydrogen-bond acceptors (Lipinski definition) is 3. The highest BCUT2D eigenvalue weighted by atomic mass is 19.3. The third kappa shape index (κ3) is 3.82. The predicted molar refractivity (Wildman–Crippen MR) is 85.1 cm³/mol. The molecular weight excluding hydrogens is 335 g/mol. The third-order valence-electron chi connectivity index (χ3n) is 5.46. The summed E-state index contributed by atoms with van der Waals surface area (Å²) >= 11 is 0. The standard InChI is InChI=1S/C17H22F3N3O2/c18-8-7-16(3-1-4-16)17(5-6-17)23-15(24)22-11-12-2-9-21-13(10-12)25-14(19)20/h2,9-10,14H,1,3-8,11H2,(H2,22,23,24). The Hall–Kier alpha value is -1.99. The number of amides is 2. The molecule has 2 aliphatic carbocycles. The van der Waals surface area contributed by atoms with Gasteiger partial charge in [-0.05, 0) is 49.1 Å². The first kappa shape index (κ1) is 17.8. The van der Waals surface area contributed by atoms with Crippen LogP contribution in [-0.4, -0.2) is 29.8 Å². The maximum absolute atomic E-state index is 12.9. The van der Waals surface area contributed by atoms with Gasteiger partial charge in [0, 0.05) is 24.3 Å². The van der Waals surface area contributed by atoms with Crippen molar-refractivity contribution in [3.63, 3.8) is 0 Å². The van der Waals surface area contributed by atoms with Crippen LogP contribution in [-0.2, 0) is 6.54 Å². The minimum atomic E-state index is -2.94. The third-order valence-corrected chi connectivity index (χ3v) is 5.46. The second-order valence-electron chi connectivity index (χ2n) is 6.84. The number of alkyl halides is 3. The Morgan fingerprint density at radius 3 is 2.64 bits per heavy atom. The molecule has 2 saturated carbocycles. The Morgan fingerprint density at radius 1 is 1.32 bits per heavy atom. The molecule has 0 radical (unpaired) electrons. The van der Waals surface area contributed by atoms with E-state index in [2.05, 4.69) is 20.4 Å². The highest BCUT2D eigenvalue weighted by Crippen LogP contribution is 2.61. The lowest BCUT2D eigenvalue weighted by Crippen LogP contribution is -2.56. The minimum Gasteiger partial charge on any atom is -0.417 e. The van der Waals surface area contributed by atoms with Crippen LogP contribution in [0.25, 0.3) is 0 Å². The smallest absolute Gasteiger partial charge is 0.388 e. The van der Waals surface area contributed by atoms with E-state index in [-0.39, 0.29) is 36.1 Å². The van der Waals surface area contributed by atoms with Crippen LogP contribution in [0.3, 0.4) is 0 Å².